The minimum atomic E-state index is -0.208. The molecule has 2 aliphatic rings. The number of halogens is 1. The normalized spacial score (nSPS) is 19.7. The smallest absolute Gasteiger partial charge is 0.309 e. The van der Waals surface area contributed by atoms with E-state index in [-0.39, 0.29) is 23.6 Å². The van der Waals surface area contributed by atoms with Gasteiger partial charge in [0.05, 0.1) is 19.1 Å². The second-order valence-corrected chi connectivity index (χ2v) is 7.94. The zero-order valence-corrected chi connectivity index (χ0v) is 17.3. The lowest BCUT2D eigenvalue weighted by Crippen LogP contribution is -2.46. The van der Waals surface area contributed by atoms with Gasteiger partial charge in [-0.3, -0.25) is 19.4 Å². The second-order valence-electron chi connectivity index (χ2n) is 7.94. The minimum absolute atomic E-state index is 0.0720. The maximum atomic E-state index is 13.1. The Morgan fingerprint density at radius 1 is 1.00 bits per heavy atom. The average molecular weight is 406 g/mol. The van der Waals surface area contributed by atoms with Crippen LogP contribution >= 0.6 is 0 Å². The number of esters is 1. The van der Waals surface area contributed by atoms with Crippen LogP contribution in [-0.4, -0.2) is 79.0 Å². The number of carbonyl (C=O) groups excluding carboxylic acids is 2. The summed E-state index contributed by atoms with van der Waals surface area (Å²) in [5.41, 5.74) is 1.11. The van der Waals surface area contributed by atoms with Crippen LogP contribution in [0.4, 0.5) is 4.39 Å². The molecule has 0 aliphatic carbocycles. The monoisotopic (exact) mass is 405 g/mol. The van der Waals surface area contributed by atoms with Crippen molar-refractivity contribution in [1.29, 1.82) is 0 Å². The molecule has 0 bridgehead atoms. The molecule has 2 aliphatic heterocycles. The molecule has 0 unspecified atom stereocenters. The maximum Gasteiger partial charge on any atom is 0.309 e. The summed E-state index contributed by atoms with van der Waals surface area (Å²) in [4.78, 5) is 31.0. The van der Waals surface area contributed by atoms with E-state index in [0.29, 0.717) is 39.1 Å². The number of ether oxygens (including phenoxy) is 1. The van der Waals surface area contributed by atoms with Crippen LogP contribution in [0.25, 0.3) is 0 Å². The van der Waals surface area contributed by atoms with Gasteiger partial charge in [-0.15, -0.1) is 0 Å². The highest BCUT2D eigenvalue weighted by molar-refractivity contribution is 5.79. The van der Waals surface area contributed by atoms with Gasteiger partial charge in [0, 0.05) is 32.7 Å². The van der Waals surface area contributed by atoms with Crippen LogP contribution in [0.5, 0.6) is 0 Å². The highest BCUT2D eigenvalue weighted by Gasteiger charge is 2.29. The Hall–Kier alpha value is -1.99. The van der Waals surface area contributed by atoms with Crippen molar-refractivity contribution in [2.24, 2.45) is 5.92 Å². The van der Waals surface area contributed by atoms with Crippen molar-refractivity contribution in [3.05, 3.63) is 35.6 Å². The molecule has 29 heavy (non-hydrogen) atoms. The van der Waals surface area contributed by atoms with Gasteiger partial charge in [0.2, 0.25) is 5.91 Å². The van der Waals surface area contributed by atoms with Crippen LogP contribution in [-0.2, 0) is 20.9 Å². The quantitative estimate of drug-likeness (QED) is 0.679. The van der Waals surface area contributed by atoms with E-state index in [2.05, 4.69) is 9.80 Å². The topological polar surface area (TPSA) is 53.1 Å². The van der Waals surface area contributed by atoms with Crippen LogP contribution < -0.4 is 0 Å². The fraction of sp³-hybridized carbons (Fsp3) is 0.636. The van der Waals surface area contributed by atoms with Crippen molar-refractivity contribution in [2.45, 2.75) is 32.7 Å². The van der Waals surface area contributed by atoms with Gasteiger partial charge in [-0.2, -0.15) is 0 Å². The fourth-order valence-electron chi connectivity index (χ4n) is 4.10. The Morgan fingerprint density at radius 3 is 2.34 bits per heavy atom. The number of piperidine rings is 1. The van der Waals surface area contributed by atoms with E-state index in [1.165, 1.54) is 12.1 Å². The molecule has 2 saturated heterocycles. The summed E-state index contributed by atoms with van der Waals surface area (Å²) in [5.74, 6) is -0.259. The van der Waals surface area contributed by atoms with E-state index < -0.39 is 0 Å². The fourth-order valence-corrected chi connectivity index (χ4v) is 4.10. The number of rotatable bonds is 6. The van der Waals surface area contributed by atoms with E-state index in [1.807, 2.05) is 24.0 Å². The molecule has 1 aromatic carbocycles. The van der Waals surface area contributed by atoms with Crippen molar-refractivity contribution in [2.75, 3.05) is 52.4 Å². The lowest BCUT2D eigenvalue weighted by molar-refractivity contribution is -0.151. The second kappa shape index (κ2) is 10.7. The average Bonchev–Trinajstić information content (AvgIpc) is 2.95. The maximum absolute atomic E-state index is 13.1. The van der Waals surface area contributed by atoms with Crippen molar-refractivity contribution in [3.8, 4) is 0 Å². The van der Waals surface area contributed by atoms with Gasteiger partial charge >= 0.3 is 5.97 Å². The summed E-state index contributed by atoms with van der Waals surface area (Å²) >= 11 is 0. The van der Waals surface area contributed by atoms with Gasteiger partial charge in [0.1, 0.15) is 5.82 Å². The van der Waals surface area contributed by atoms with Crippen LogP contribution in [0.1, 0.15) is 31.7 Å². The van der Waals surface area contributed by atoms with Gasteiger partial charge < -0.3 is 9.64 Å². The Labute approximate surface area is 172 Å². The highest BCUT2D eigenvalue weighted by atomic mass is 19.1. The molecule has 0 radical (unpaired) electrons. The molecule has 1 amide bonds. The van der Waals surface area contributed by atoms with E-state index in [1.54, 1.807) is 0 Å². The zero-order chi connectivity index (χ0) is 20.6. The number of hydrogen-bond acceptors (Lipinski definition) is 5. The summed E-state index contributed by atoms with van der Waals surface area (Å²) < 4.78 is 18.2. The molecule has 6 nitrogen and oxygen atoms in total. The van der Waals surface area contributed by atoms with Crippen LogP contribution in [0.2, 0.25) is 0 Å². The predicted molar refractivity (Wildman–Crippen MR) is 109 cm³/mol. The third kappa shape index (κ3) is 6.51. The Balaban J connectivity index is 1.41. The summed E-state index contributed by atoms with van der Waals surface area (Å²) in [7, 11) is 0. The van der Waals surface area contributed by atoms with Crippen molar-refractivity contribution in [1.82, 2.24) is 14.7 Å². The van der Waals surface area contributed by atoms with Crippen molar-refractivity contribution >= 4 is 11.9 Å². The summed E-state index contributed by atoms with van der Waals surface area (Å²) in [6, 6.07) is 6.68. The minimum Gasteiger partial charge on any atom is -0.466 e. The molecule has 0 saturated carbocycles. The lowest BCUT2D eigenvalue weighted by Gasteiger charge is -2.32. The number of amides is 1. The first kappa shape index (κ1) is 21.7. The third-order valence-corrected chi connectivity index (χ3v) is 5.83. The Kier molecular flexibility index (Phi) is 8.00. The lowest BCUT2D eigenvalue weighted by atomic mass is 9.97. The zero-order valence-electron chi connectivity index (χ0n) is 17.3. The molecular weight excluding hydrogens is 373 g/mol. The van der Waals surface area contributed by atoms with Gasteiger partial charge in [0.25, 0.3) is 0 Å². The Morgan fingerprint density at radius 2 is 1.66 bits per heavy atom. The number of nitrogens with zero attached hydrogens (tertiary/aromatic N) is 3. The van der Waals surface area contributed by atoms with Crippen LogP contribution in [0.3, 0.4) is 0 Å². The van der Waals surface area contributed by atoms with E-state index in [0.717, 1.165) is 44.7 Å². The number of benzene rings is 1. The largest absolute Gasteiger partial charge is 0.466 e. The number of carbonyl (C=O) groups is 2. The van der Waals surface area contributed by atoms with Gasteiger partial charge in [-0.1, -0.05) is 12.1 Å². The van der Waals surface area contributed by atoms with Crippen LogP contribution in [0.15, 0.2) is 24.3 Å². The van der Waals surface area contributed by atoms with Gasteiger partial charge in [-0.05, 0) is 57.0 Å². The molecule has 0 N–H and O–H groups in total. The summed E-state index contributed by atoms with van der Waals surface area (Å²) in [6.07, 6.45) is 2.39. The molecule has 0 aromatic heterocycles. The molecule has 7 heteroatoms. The molecule has 3 rings (SSSR count). The molecule has 1 aromatic rings. The third-order valence-electron chi connectivity index (χ3n) is 5.83. The number of hydrogen-bond donors (Lipinski definition) is 0. The summed E-state index contributed by atoms with van der Waals surface area (Å²) in [6.45, 7) is 8.38. The van der Waals surface area contributed by atoms with Crippen molar-refractivity contribution in [3.63, 3.8) is 0 Å². The Bertz CT molecular complexity index is 674. The molecule has 2 heterocycles. The van der Waals surface area contributed by atoms with Gasteiger partial charge in [-0.25, -0.2) is 4.39 Å². The molecule has 0 atom stereocenters. The summed E-state index contributed by atoms with van der Waals surface area (Å²) in [5, 5.41) is 0. The standard InChI is InChI=1S/C22H32FN3O3/c1-2-29-22(28)19-8-12-26(13-9-19)21(27)17-25-11-3-10-24(14-15-25)16-18-4-6-20(23)7-5-18/h4-7,19H,2-3,8-17H2,1H3. The highest BCUT2D eigenvalue weighted by Crippen LogP contribution is 2.19. The molecular formula is C22H32FN3O3. The van der Waals surface area contributed by atoms with E-state index >= 15 is 0 Å². The first-order chi connectivity index (χ1) is 14.0. The SMILES string of the molecule is CCOC(=O)C1CCN(C(=O)CN2CCCN(Cc3ccc(F)cc3)CC2)CC1. The first-order valence-electron chi connectivity index (χ1n) is 10.7. The molecule has 160 valence electrons. The molecule has 0 spiro atoms. The molecule has 2 fully saturated rings. The van der Waals surface area contributed by atoms with Crippen molar-refractivity contribution < 1.29 is 18.7 Å². The van der Waals surface area contributed by atoms with E-state index in [4.69, 9.17) is 4.74 Å². The van der Waals surface area contributed by atoms with E-state index in [9.17, 15) is 14.0 Å². The first-order valence-corrected chi connectivity index (χ1v) is 10.7. The van der Waals surface area contributed by atoms with Crippen LogP contribution in [0, 0.1) is 11.7 Å². The van der Waals surface area contributed by atoms with Gasteiger partial charge in [0.15, 0.2) is 0 Å². The number of likely N-dealkylation sites (tertiary alicyclic amines) is 1. The predicted octanol–water partition coefficient (Wildman–Crippen LogP) is 2.14.